The zero-order valence-corrected chi connectivity index (χ0v) is 10.7. The molecular formula is C12H24N2O3. The number of hydrogen-bond acceptors (Lipinski definition) is 4. The van der Waals surface area contributed by atoms with Crippen LogP contribution in [0.4, 0.5) is 0 Å². The molecule has 0 aromatic heterocycles. The molecule has 0 aromatic carbocycles. The van der Waals surface area contributed by atoms with Crippen molar-refractivity contribution in [1.29, 1.82) is 0 Å². The molecule has 0 aromatic rings. The highest BCUT2D eigenvalue weighted by atomic mass is 16.5. The molecule has 1 aliphatic carbocycles. The summed E-state index contributed by atoms with van der Waals surface area (Å²) in [5.74, 6) is 0.277. The minimum absolute atomic E-state index is 0.0189. The monoisotopic (exact) mass is 244 g/mol. The molecule has 17 heavy (non-hydrogen) atoms. The van der Waals surface area contributed by atoms with Gasteiger partial charge in [-0.2, -0.15) is 0 Å². The van der Waals surface area contributed by atoms with Crippen molar-refractivity contribution in [3.8, 4) is 0 Å². The van der Waals surface area contributed by atoms with Gasteiger partial charge in [-0.25, -0.2) is 0 Å². The van der Waals surface area contributed by atoms with E-state index in [-0.39, 0.29) is 18.1 Å². The van der Waals surface area contributed by atoms with Gasteiger partial charge in [-0.3, -0.25) is 4.79 Å². The van der Waals surface area contributed by atoms with Gasteiger partial charge in [0.05, 0.1) is 18.8 Å². The number of hydrogen-bond donors (Lipinski definition) is 3. The van der Waals surface area contributed by atoms with Crippen LogP contribution >= 0.6 is 0 Å². The predicted molar refractivity (Wildman–Crippen MR) is 65.7 cm³/mol. The number of amides is 1. The summed E-state index contributed by atoms with van der Waals surface area (Å²) in [6.07, 6.45) is 2.82. The fraction of sp³-hybridized carbons (Fsp3) is 0.917. The van der Waals surface area contributed by atoms with Gasteiger partial charge in [-0.05, 0) is 25.7 Å². The summed E-state index contributed by atoms with van der Waals surface area (Å²) in [6, 6.07) is -0.223. The van der Waals surface area contributed by atoms with Gasteiger partial charge in [0, 0.05) is 20.2 Å². The molecule has 3 atom stereocenters. The average molecular weight is 244 g/mol. The lowest BCUT2D eigenvalue weighted by Gasteiger charge is -2.19. The standard InChI is InChI=1S/C12H24N2O3/c1-9(12(16)13-6-7-17-2)14-8-10-4-3-5-11(10)15/h9-11,14-15H,3-8H2,1-2H3,(H,13,16). The van der Waals surface area contributed by atoms with E-state index in [2.05, 4.69) is 10.6 Å². The fourth-order valence-electron chi connectivity index (χ4n) is 2.11. The first-order valence-corrected chi connectivity index (χ1v) is 6.33. The van der Waals surface area contributed by atoms with Gasteiger partial charge in [0.25, 0.3) is 0 Å². The van der Waals surface area contributed by atoms with Crippen molar-refractivity contribution in [3.05, 3.63) is 0 Å². The van der Waals surface area contributed by atoms with Gasteiger partial charge in [-0.1, -0.05) is 6.42 Å². The van der Waals surface area contributed by atoms with E-state index < -0.39 is 0 Å². The van der Waals surface area contributed by atoms with E-state index in [0.29, 0.717) is 25.6 Å². The molecule has 1 amide bonds. The van der Waals surface area contributed by atoms with Crippen LogP contribution in [0.15, 0.2) is 0 Å². The first-order chi connectivity index (χ1) is 8.15. The number of aliphatic hydroxyl groups excluding tert-OH is 1. The van der Waals surface area contributed by atoms with Gasteiger partial charge in [0.15, 0.2) is 0 Å². The first kappa shape index (κ1) is 14.4. The first-order valence-electron chi connectivity index (χ1n) is 6.33. The molecule has 0 spiro atoms. The van der Waals surface area contributed by atoms with Crippen LogP contribution in [0.3, 0.4) is 0 Å². The molecule has 5 heteroatoms. The van der Waals surface area contributed by atoms with E-state index in [1.807, 2.05) is 6.92 Å². The minimum atomic E-state index is -0.223. The van der Waals surface area contributed by atoms with Gasteiger partial charge in [0.1, 0.15) is 0 Å². The summed E-state index contributed by atoms with van der Waals surface area (Å²) in [6.45, 7) is 3.61. The Morgan fingerprint density at radius 3 is 2.88 bits per heavy atom. The SMILES string of the molecule is COCCNC(=O)C(C)NCC1CCCC1O. The van der Waals surface area contributed by atoms with Crippen molar-refractivity contribution < 1.29 is 14.6 Å². The topological polar surface area (TPSA) is 70.6 Å². The van der Waals surface area contributed by atoms with Crippen molar-refractivity contribution in [1.82, 2.24) is 10.6 Å². The van der Waals surface area contributed by atoms with Gasteiger partial charge in [0.2, 0.25) is 5.91 Å². The third-order valence-corrected chi connectivity index (χ3v) is 3.30. The maximum atomic E-state index is 11.6. The molecule has 0 heterocycles. The van der Waals surface area contributed by atoms with Crippen molar-refractivity contribution in [3.63, 3.8) is 0 Å². The Labute approximate surface area is 103 Å². The van der Waals surface area contributed by atoms with Crippen molar-refractivity contribution in [2.45, 2.75) is 38.3 Å². The Morgan fingerprint density at radius 2 is 2.29 bits per heavy atom. The third-order valence-electron chi connectivity index (χ3n) is 3.30. The molecule has 0 bridgehead atoms. The van der Waals surface area contributed by atoms with E-state index in [4.69, 9.17) is 4.74 Å². The van der Waals surface area contributed by atoms with Crippen LogP contribution < -0.4 is 10.6 Å². The number of ether oxygens (including phenoxy) is 1. The van der Waals surface area contributed by atoms with E-state index in [9.17, 15) is 9.90 Å². The Bertz CT molecular complexity index is 236. The quantitative estimate of drug-likeness (QED) is 0.546. The fourth-order valence-corrected chi connectivity index (χ4v) is 2.11. The van der Waals surface area contributed by atoms with Gasteiger partial charge >= 0.3 is 0 Å². The van der Waals surface area contributed by atoms with Gasteiger partial charge in [-0.15, -0.1) is 0 Å². The molecule has 3 N–H and O–H groups in total. The van der Waals surface area contributed by atoms with Crippen LogP contribution in [0, 0.1) is 5.92 Å². The minimum Gasteiger partial charge on any atom is -0.393 e. The molecule has 1 rings (SSSR count). The van der Waals surface area contributed by atoms with Crippen LogP contribution in [0.5, 0.6) is 0 Å². The highest BCUT2D eigenvalue weighted by Crippen LogP contribution is 2.24. The lowest BCUT2D eigenvalue weighted by Crippen LogP contribution is -2.45. The number of methoxy groups -OCH3 is 1. The number of carbonyl (C=O) groups is 1. The van der Waals surface area contributed by atoms with Crippen LogP contribution in [0.25, 0.3) is 0 Å². The van der Waals surface area contributed by atoms with E-state index in [0.717, 1.165) is 19.3 Å². The molecular weight excluding hydrogens is 220 g/mol. The molecule has 1 fully saturated rings. The van der Waals surface area contributed by atoms with Crippen LogP contribution in [-0.2, 0) is 9.53 Å². The van der Waals surface area contributed by atoms with Gasteiger partial charge < -0.3 is 20.5 Å². The molecule has 5 nitrogen and oxygen atoms in total. The molecule has 100 valence electrons. The van der Waals surface area contributed by atoms with Crippen molar-refractivity contribution in [2.24, 2.45) is 5.92 Å². The second kappa shape index (κ2) is 7.63. The summed E-state index contributed by atoms with van der Waals surface area (Å²) in [7, 11) is 1.61. The smallest absolute Gasteiger partial charge is 0.236 e. The van der Waals surface area contributed by atoms with Crippen LogP contribution in [-0.4, -0.2) is 50.0 Å². The Morgan fingerprint density at radius 1 is 1.53 bits per heavy atom. The summed E-state index contributed by atoms with van der Waals surface area (Å²) in [5.41, 5.74) is 0. The van der Waals surface area contributed by atoms with E-state index >= 15 is 0 Å². The van der Waals surface area contributed by atoms with Crippen LogP contribution in [0.2, 0.25) is 0 Å². The average Bonchev–Trinajstić information content (AvgIpc) is 2.72. The van der Waals surface area contributed by atoms with Crippen LogP contribution in [0.1, 0.15) is 26.2 Å². The summed E-state index contributed by atoms with van der Waals surface area (Å²) >= 11 is 0. The normalized spacial score (nSPS) is 25.8. The number of aliphatic hydroxyl groups is 1. The number of carbonyl (C=O) groups excluding carboxylic acids is 1. The lowest BCUT2D eigenvalue weighted by molar-refractivity contribution is -0.123. The Balaban J connectivity index is 2.15. The molecule has 1 saturated carbocycles. The highest BCUT2D eigenvalue weighted by Gasteiger charge is 2.25. The largest absolute Gasteiger partial charge is 0.393 e. The van der Waals surface area contributed by atoms with E-state index in [1.54, 1.807) is 7.11 Å². The maximum absolute atomic E-state index is 11.6. The number of rotatable bonds is 7. The maximum Gasteiger partial charge on any atom is 0.236 e. The summed E-state index contributed by atoms with van der Waals surface area (Å²) in [5, 5.41) is 15.6. The molecule has 3 unspecified atom stereocenters. The molecule has 0 radical (unpaired) electrons. The molecule has 1 aliphatic rings. The van der Waals surface area contributed by atoms with E-state index in [1.165, 1.54) is 0 Å². The Hall–Kier alpha value is -0.650. The number of nitrogens with one attached hydrogen (secondary N) is 2. The second-order valence-corrected chi connectivity index (χ2v) is 4.67. The predicted octanol–water partition coefficient (Wildman–Crippen LogP) is -0.112. The zero-order valence-electron chi connectivity index (χ0n) is 10.7. The van der Waals surface area contributed by atoms with Crippen molar-refractivity contribution in [2.75, 3.05) is 26.8 Å². The summed E-state index contributed by atoms with van der Waals surface area (Å²) < 4.78 is 4.86. The molecule has 0 saturated heterocycles. The highest BCUT2D eigenvalue weighted by molar-refractivity contribution is 5.81. The lowest BCUT2D eigenvalue weighted by atomic mass is 10.1. The second-order valence-electron chi connectivity index (χ2n) is 4.67. The Kier molecular flexibility index (Phi) is 6.47. The van der Waals surface area contributed by atoms with Crippen molar-refractivity contribution >= 4 is 5.91 Å². The molecule has 0 aliphatic heterocycles. The zero-order chi connectivity index (χ0) is 12.7. The third kappa shape index (κ3) is 5.02. The summed E-state index contributed by atoms with van der Waals surface area (Å²) in [4.78, 5) is 11.6.